The van der Waals surface area contributed by atoms with E-state index >= 15 is 0 Å². The predicted molar refractivity (Wildman–Crippen MR) is 95.9 cm³/mol. The summed E-state index contributed by atoms with van der Waals surface area (Å²) in [6.45, 7) is 4.33. The lowest BCUT2D eigenvalue weighted by molar-refractivity contribution is 0.0666. The average Bonchev–Trinajstić information content (AvgIpc) is 3.11. The minimum Gasteiger partial charge on any atom is -0.497 e. The largest absolute Gasteiger partial charge is 0.497 e. The molecular formula is C18H23NO5S. The van der Waals surface area contributed by atoms with Crippen LogP contribution in [0.1, 0.15) is 35.9 Å². The van der Waals surface area contributed by atoms with E-state index in [4.69, 9.17) is 9.15 Å². The van der Waals surface area contributed by atoms with E-state index in [0.717, 1.165) is 17.4 Å². The second kappa shape index (κ2) is 6.71. The molecule has 0 radical (unpaired) electrons. The van der Waals surface area contributed by atoms with E-state index in [1.165, 1.54) is 0 Å². The molecule has 1 atom stereocenters. The van der Waals surface area contributed by atoms with Gasteiger partial charge in [-0.25, -0.2) is 8.42 Å². The molecule has 1 unspecified atom stereocenters. The van der Waals surface area contributed by atoms with Gasteiger partial charge >= 0.3 is 0 Å². The highest BCUT2D eigenvalue weighted by Gasteiger charge is 2.36. The van der Waals surface area contributed by atoms with Gasteiger partial charge in [0.05, 0.1) is 18.6 Å². The second-order valence-corrected chi connectivity index (χ2v) is 8.70. The molecule has 0 bridgehead atoms. The number of furan rings is 1. The number of aryl methyl sites for hydroxylation is 1. The van der Waals surface area contributed by atoms with Crippen molar-refractivity contribution in [2.24, 2.45) is 0 Å². The van der Waals surface area contributed by atoms with Gasteiger partial charge in [-0.2, -0.15) is 0 Å². The van der Waals surface area contributed by atoms with Crippen LogP contribution in [0.3, 0.4) is 0 Å². The van der Waals surface area contributed by atoms with Crippen molar-refractivity contribution in [3.05, 3.63) is 29.5 Å². The molecule has 1 aliphatic heterocycles. The van der Waals surface area contributed by atoms with Crippen molar-refractivity contribution in [2.75, 3.05) is 25.2 Å². The Hall–Kier alpha value is -2.02. The summed E-state index contributed by atoms with van der Waals surface area (Å²) < 4.78 is 34.7. The van der Waals surface area contributed by atoms with Gasteiger partial charge in [-0.15, -0.1) is 0 Å². The summed E-state index contributed by atoms with van der Waals surface area (Å²) >= 11 is 0. The van der Waals surface area contributed by atoms with Crippen LogP contribution in [0.25, 0.3) is 11.0 Å². The molecule has 2 heterocycles. The van der Waals surface area contributed by atoms with E-state index in [1.54, 1.807) is 24.1 Å². The number of sulfone groups is 1. The number of hydrogen-bond acceptors (Lipinski definition) is 5. The smallest absolute Gasteiger partial charge is 0.290 e. The van der Waals surface area contributed by atoms with Crippen LogP contribution in [0.15, 0.2) is 22.6 Å². The number of fused-ring (bicyclic) bond motifs is 1. The Labute approximate surface area is 147 Å². The number of ether oxygens (including phenoxy) is 1. The van der Waals surface area contributed by atoms with Crippen molar-refractivity contribution >= 4 is 26.7 Å². The third-order valence-corrected chi connectivity index (χ3v) is 6.46. The first-order chi connectivity index (χ1) is 11.9. The SMILES string of the molecule is CCCN(C(=O)c1oc2ccc(OC)cc2c1C)C1CCS(=O)(=O)C1. The Kier molecular flexibility index (Phi) is 4.77. The van der Waals surface area contributed by atoms with Crippen molar-refractivity contribution in [3.8, 4) is 5.75 Å². The number of methoxy groups -OCH3 is 1. The molecule has 7 heteroatoms. The fourth-order valence-electron chi connectivity index (χ4n) is 3.37. The summed E-state index contributed by atoms with van der Waals surface area (Å²) in [5.74, 6) is 0.910. The minimum absolute atomic E-state index is 0.0336. The number of hydrogen-bond donors (Lipinski definition) is 0. The number of nitrogens with zero attached hydrogens (tertiary/aromatic N) is 1. The lowest BCUT2D eigenvalue weighted by Crippen LogP contribution is -2.41. The van der Waals surface area contributed by atoms with Crippen LogP contribution >= 0.6 is 0 Å². The predicted octanol–water partition coefficient (Wildman–Crippen LogP) is 2.79. The molecule has 1 aromatic carbocycles. The Morgan fingerprint density at radius 3 is 2.76 bits per heavy atom. The van der Waals surface area contributed by atoms with Crippen LogP contribution in [0.4, 0.5) is 0 Å². The lowest BCUT2D eigenvalue weighted by atomic mass is 10.1. The lowest BCUT2D eigenvalue weighted by Gasteiger charge is -2.27. The zero-order valence-electron chi connectivity index (χ0n) is 14.7. The van der Waals surface area contributed by atoms with Crippen LogP contribution in [0.2, 0.25) is 0 Å². The fraction of sp³-hybridized carbons (Fsp3) is 0.500. The Balaban J connectivity index is 1.97. The standard InChI is InChI=1S/C18H23NO5S/c1-4-8-19(13-7-9-25(21,22)11-13)18(20)17-12(2)15-10-14(23-3)5-6-16(15)24-17/h5-6,10,13H,4,7-9,11H2,1-3H3. The number of carbonyl (C=O) groups excluding carboxylic acids is 1. The van der Waals surface area contributed by atoms with Gasteiger partial charge in [0, 0.05) is 23.5 Å². The molecule has 1 saturated heterocycles. The molecule has 3 rings (SSSR count). The highest BCUT2D eigenvalue weighted by Crippen LogP contribution is 2.30. The second-order valence-electron chi connectivity index (χ2n) is 6.47. The van der Waals surface area contributed by atoms with Crippen molar-refractivity contribution < 1.29 is 22.4 Å². The Morgan fingerprint density at radius 1 is 1.40 bits per heavy atom. The zero-order valence-corrected chi connectivity index (χ0v) is 15.6. The quantitative estimate of drug-likeness (QED) is 0.814. The molecule has 1 fully saturated rings. The first kappa shape index (κ1) is 17.8. The molecule has 0 N–H and O–H groups in total. The molecule has 1 amide bonds. The van der Waals surface area contributed by atoms with E-state index in [-0.39, 0.29) is 29.2 Å². The summed E-state index contributed by atoms with van der Waals surface area (Å²) in [5, 5.41) is 0.832. The van der Waals surface area contributed by atoms with Gasteiger partial charge in [0.25, 0.3) is 5.91 Å². The summed E-state index contributed by atoms with van der Waals surface area (Å²) in [5.41, 5.74) is 1.37. The van der Waals surface area contributed by atoms with Crippen molar-refractivity contribution in [2.45, 2.75) is 32.7 Å². The summed E-state index contributed by atoms with van der Waals surface area (Å²) in [7, 11) is -1.47. The maximum atomic E-state index is 13.1. The van der Waals surface area contributed by atoms with Crippen LogP contribution in [-0.4, -0.2) is 50.4 Å². The van der Waals surface area contributed by atoms with Gasteiger partial charge in [-0.1, -0.05) is 6.92 Å². The number of amides is 1. The van der Waals surface area contributed by atoms with Crippen LogP contribution in [0, 0.1) is 6.92 Å². The third kappa shape index (κ3) is 3.38. The summed E-state index contributed by atoms with van der Waals surface area (Å²) in [6.07, 6.45) is 1.25. The first-order valence-electron chi connectivity index (χ1n) is 8.45. The molecule has 136 valence electrons. The highest BCUT2D eigenvalue weighted by molar-refractivity contribution is 7.91. The molecule has 25 heavy (non-hydrogen) atoms. The molecule has 0 aliphatic carbocycles. The topological polar surface area (TPSA) is 76.8 Å². The summed E-state index contributed by atoms with van der Waals surface area (Å²) in [6, 6.07) is 5.13. The first-order valence-corrected chi connectivity index (χ1v) is 10.3. The molecule has 0 spiro atoms. The van der Waals surface area contributed by atoms with Gasteiger partial charge in [0.2, 0.25) is 0 Å². The third-order valence-electron chi connectivity index (χ3n) is 4.71. The van der Waals surface area contributed by atoms with Crippen molar-refractivity contribution in [3.63, 3.8) is 0 Å². The number of rotatable bonds is 5. The highest BCUT2D eigenvalue weighted by atomic mass is 32.2. The molecule has 0 saturated carbocycles. The van der Waals surface area contributed by atoms with E-state index in [2.05, 4.69) is 0 Å². The zero-order chi connectivity index (χ0) is 18.2. The van der Waals surface area contributed by atoms with E-state index in [1.807, 2.05) is 19.9 Å². The van der Waals surface area contributed by atoms with E-state index < -0.39 is 9.84 Å². The van der Waals surface area contributed by atoms with Gasteiger partial charge in [-0.3, -0.25) is 4.79 Å². The fourth-order valence-corrected chi connectivity index (χ4v) is 5.10. The van der Waals surface area contributed by atoms with Gasteiger partial charge in [-0.05, 0) is 38.0 Å². The number of benzene rings is 1. The molecule has 1 aliphatic rings. The van der Waals surface area contributed by atoms with Crippen LogP contribution in [-0.2, 0) is 9.84 Å². The molecule has 2 aromatic rings. The molecule has 1 aromatic heterocycles. The van der Waals surface area contributed by atoms with Gasteiger partial charge in [0.15, 0.2) is 15.6 Å². The van der Waals surface area contributed by atoms with Crippen LogP contribution < -0.4 is 4.74 Å². The van der Waals surface area contributed by atoms with Crippen molar-refractivity contribution in [1.29, 1.82) is 0 Å². The normalized spacial score (nSPS) is 19.2. The Bertz CT molecular complexity index is 900. The van der Waals surface area contributed by atoms with E-state index in [9.17, 15) is 13.2 Å². The maximum Gasteiger partial charge on any atom is 0.290 e. The van der Waals surface area contributed by atoms with Gasteiger partial charge < -0.3 is 14.1 Å². The maximum absolute atomic E-state index is 13.1. The summed E-state index contributed by atoms with van der Waals surface area (Å²) in [4.78, 5) is 14.7. The average molecular weight is 365 g/mol. The van der Waals surface area contributed by atoms with Gasteiger partial charge in [0.1, 0.15) is 11.3 Å². The molecular weight excluding hydrogens is 342 g/mol. The Morgan fingerprint density at radius 2 is 2.16 bits per heavy atom. The molecule has 6 nitrogen and oxygen atoms in total. The number of carbonyl (C=O) groups is 1. The van der Waals surface area contributed by atoms with Crippen LogP contribution in [0.5, 0.6) is 5.75 Å². The van der Waals surface area contributed by atoms with Crippen molar-refractivity contribution in [1.82, 2.24) is 4.90 Å². The monoisotopic (exact) mass is 365 g/mol. The van der Waals surface area contributed by atoms with E-state index in [0.29, 0.717) is 24.3 Å². The minimum atomic E-state index is -3.06.